The Kier molecular flexibility index (Phi) is 6.43. The first kappa shape index (κ1) is 22.9. The van der Waals surface area contributed by atoms with Crippen LogP contribution < -0.4 is 20.1 Å². The van der Waals surface area contributed by atoms with E-state index >= 15 is 0 Å². The molecule has 1 atom stereocenters. The van der Waals surface area contributed by atoms with Crippen molar-refractivity contribution in [2.24, 2.45) is 0 Å². The predicted octanol–water partition coefficient (Wildman–Crippen LogP) is 5.20. The molecule has 1 aliphatic heterocycles. The highest BCUT2D eigenvalue weighted by Crippen LogP contribution is 2.33. The second-order valence-electron chi connectivity index (χ2n) is 8.17. The van der Waals surface area contributed by atoms with Crippen LogP contribution in [0.2, 0.25) is 5.02 Å². The van der Waals surface area contributed by atoms with Gasteiger partial charge in [0.15, 0.2) is 11.8 Å². The van der Waals surface area contributed by atoms with Gasteiger partial charge in [-0.15, -0.1) is 0 Å². The Hall–Kier alpha value is -3.82. The van der Waals surface area contributed by atoms with Crippen molar-refractivity contribution in [1.29, 1.82) is 0 Å². The van der Waals surface area contributed by atoms with Crippen LogP contribution in [0.25, 0.3) is 11.1 Å². The van der Waals surface area contributed by atoms with Crippen molar-refractivity contribution < 1.29 is 18.7 Å². The molecule has 0 spiro atoms. The summed E-state index contributed by atoms with van der Waals surface area (Å²) in [6.45, 7) is 1.01. The van der Waals surface area contributed by atoms with Gasteiger partial charge in [-0.05, 0) is 50.2 Å². The third kappa shape index (κ3) is 5.16. The molecule has 0 saturated carbocycles. The number of fused-ring (bicyclic) bond motifs is 1. The maximum Gasteiger partial charge on any atom is 0.300 e. The SMILES string of the molecule is CNC(=O)c1cc(Oc2ccc3oc(Nc4ccc(Cl)c(O[C@H]5CCCN5C)c4)nc3c2)ccn1. The number of rotatable bonds is 7. The molecule has 10 heteroatoms. The van der Waals surface area contributed by atoms with Crippen molar-refractivity contribution in [3.8, 4) is 17.2 Å². The number of likely N-dealkylation sites (tertiary alicyclic amines) is 1. The lowest BCUT2D eigenvalue weighted by Crippen LogP contribution is -2.30. The number of benzene rings is 2. The molecule has 0 unspecified atom stereocenters. The quantitative estimate of drug-likeness (QED) is 0.362. The number of hydrogen-bond donors (Lipinski definition) is 2. The van der Waals surface area contributed by atoms with Gasteiger partial charge >= 0.3 is 0 Å². The molecular formula is C25H24ClN5O4. The highest BCUT2D eigenvalue weighted by atomic mass is 35.5. The summed E-state index contributed by atoms with van der Waals surface area (Å²) in [6, 6.07) is 14.3. The van der Waals surface area contributed by atoms with E-state index in [1.165, 1.54) is 6.20 Å². The average molecular weight is 494 g/mol. The molecule has 3 heterocycles. The lowest BCUT2D eigenvalue weighted by Gasteiger charge is -2.21. The van der Waals surface area contributed by atoms with Gasteiger partial charge in [0.2, 0.25) is 0 Å². The van der Waals surface area contributed by atoms with Crippen LogP contribution in [0, 0.1) is 0 Å². The number of carbonyl (C=O) groups is 1. The Morgan fingerprint density at radius 2 is 2.03 bits per heavy atom. The number of ether oxygens (including phenoxy) is 2. The van der Waals surface area contributed by atoms with Gasteiger partial charge in [0, 0.05) is 43.7 Å². The second kappa shape index (κ2) is 9.81. The van der Waals surface area contributed by atoms with Crippen LogP contribution in [0.3, 0.4) is 0 Å². The fraction of sp³-hybridized carbons (Fsp3) is 0.240. The Morgan fingerprint density at radius 3 is 2.83 bits per heavy atom. The molecule has 0 aliphatic carbocycles. The van der Waals surface area contributed by atoms with Gasteiger partial charge in [0.1, 0.15) is 28.5 Å². The van der Waals surface area contributed by atoms with Crippen molar-refractivity contribution in [2.75, 3.05) is 26.0 Å². The van der Waals surface area contributed by atoms with Crippen molar-refractivity contribution in [3.63, 3.8) is 0 Å². The minimum absolute atomic E-state index is 0.0123. The zero-order valence-corrected chi connectivity index (χ0v) is 20.0. The van der Waals surface area contributed by atoms with E-state index in [0.29, 0.717) is 39.4 Å². The number of nitrogens with one attached hydrogen (secondary N) is 2. The van der Waals surface area contributed by atoms with Crippen molar-refractivity contribution in [2.45, 2.75) is 19.1 Å². The lowest BCUT2D eigenvalue weighted by atomic mass is 10.3. The average Bonchev–Trinajstić information content (AvgIpc) is 3.45. The van der Waals surface area contributed by atoms with Gasteiger partial charge in [0.05, 0.1) is 5.02 Å². The molecule has 1 aliphatic rings. The molecule has 9 nitrogen and oxygen atoms in total. The van der Waals surface area contributed by atoms with Crippen LogP contribution in [0.5, 0.6) is 17.2 Å². The molecule has 5 rings (SSSR count). The standard InChI is InChI=1S/C25H24ClN5O4/c1-27-24(32)20-14-17(9-10-28-20)33-16-6-8-21-19(13-16)30-25(35-21)29-15-5-7-18(26)22(12-15)34-23-4-3-11-31(23)2/h5-10,12-14,23H,3-4,11H2,1-2H3,(H,27,32)(H,29,30)/t23-/m0/s1. The first-order valence-electron chi connectivity index (χ1n) is 11.2. The molecule has 1 fully saturated rings. The number of hydrogen-bond acceptors (Lipinski definition) is 8. The number of anilines is 2. The van der Waals surface area contributed by atoms with Gasteiger partial charge in [-0.25, -0.2) is 0 Å². The zero-order chi connectivity index (χ0) is 24.4. The van der Waals surface area contributed by atoms with Crippen LogP contribution in [-0.2, 0) is 0 Å². The second-order valence-corrected chi connectivity index (χ2v) is 8.58. The summed E-state index contributed by atoms with van der Waals surface area (Å²) < 4.78 is 17.8. The molecular weight excluding hydrogens is 470 g/mol. The van der Waals surface area contributed by atoms with Crippen LogP contribution in [0.15, 0.2) is 59.1 Å². The lowest BCUT2D eigenvalue weighted by molar-refractivity contribution is 0.0814. The normalized spacial score (nSPS) is 15.8. The van der Waals surface area contributed by atoms with E-state index < -0.39 is 0 Å². The Bertz CT molecular complexity index is 1380. The third-order valence-electron chi connectivity index (χ3n) is 5.68. The number of pyridine rings is 1. The Morgan fingerprint density at radius 1 is 1.17 bits per heavy atom. The largest absolute Gasteiger partial charge is 0.473 e. The van der Waals surface area contributed by atoms with Crippen molar-refractivity contribution in [1.82, 2.24) is 20.2 Å². The predicted molar refractivity (Wildman–Crippen MR) is 133 cm³/mol. The fourth-order valence-electron chi connectivity index (χ4n) is 3.86. The Balaban J connectivity index is 1.32. The van der Waals surface area contributed by atoms with E-state index in [2.05, 4.69) is 25.5 Å². The number of aromatic nitrogens is 2. The highest BCUT2D eigenvalue weighted by molar-refractivity contribution is 6.32. The highest BCUT2D eigenvalue weighted by Gasteiger charge is 2.23. The van der Waals surface area contributed by atoms with E-state index in [9.17, 15) is 4.79 Å². The van der Waals surface area contributed by atoms with Crippen LogP contribution in [0.4, 0.5) is 11.7 Å². The monoisotopic (exact) mass is 493 g/mol. The molecule has 2 N–H and O–H groups in total. The summed E-state index contributed by atoms with van der Waals surface area (Å²) in [5.41, 5.74) is 2.22. The van der Waals surface area contributed by atoms with E-state index in [1.807, 2.05) is 19.2 Å². The number of amides is 1. The summed E-state index contributed by atoms with van der Waals surface area (Å²) in [5, 5.41) is 6.26. The molecule has 2 aromatic heterocycles. The zero-order valence-electron chi connectivity index (χ0n) is 19.2. The molecule has 1 saturated heterocycles. The number of halogens is 1. The van der Waals surface area contributed by atoms with Gasteiger partial charge in [-0.3, -0.25) is 14.7 Å². The van der Waals surface area contributed by atoms with E-state index in [1.54, 1.807) is 43.4 Å². The van der Waals surface area contributed by atoms with E-state index in [0.717, 1.165) is 25.1 Å². The summed E-state index contributed by atoms with van der Waals surface area (Å²) in [4.78, 5) is 22.5. The van der Waals surface area contributed by atoms with Gasteiger partial charge in [-0.2, -0.15) is 4.98 Å². The number of nitrogens with zero attached hydrogens (tertiary/aromatic N) is 3. The van der Waals surface area contributed by atoms with Crippen molar-refractivity contribution >= 4 is 40.3 Å². The van der Waals surface area contributed by atoms with Gasteiger partial charge in [-0.1, -0.05) is 11.6 Å². The van der Waals surface area contributed by atoms with Gasteiger partial charge < -0.3 is 24.5 Å². The first-order valence-corrected chi connectivity index (χ1v) is 11.6. The maximum atomic E-state index is 11.8. The number of oxazole rings is 1. The first-order chi connectivity index (χ1) is 17.0. The minimum Gasteiger partial charge on any atom is -0.473 e. The molecule has 0 radical (unpaired) electrons. The van der Waals surface area contributed by atoms with Crippen LogP contribution >= 0.6 is 11.6 Å². The third-order valence-corrected chi connectivity index (χ3v) is 6.00. The fourth-order valence-corrected chi connectivity index (χ4v) is 4.02. The summed E-state index contributed by atoms with van der Waals surface area (Å²) >= 11 is 6.36. The van der Waals surface area contributed by atoms with Crippen molar-refractivity contribution in [3.05, 3.63) is 65.4 Å². The van der Waals surface area contributed by atoms with E-state index in [-0.39, 0.29) is 17.8 Å². The topological polar surface area (TPSA) is 102 Å². The molecule has 1 amide bonds. The molecule has 35 heavy (non-hydrogen) atoms. The minimum atomic E-state index is -0.288. The summed E-state index contributed by atoms with van der Waals surface area (Å²) in [6.07, 6.45) is 3.60. The smallest absolute Gasteiger partial charge is 0.300 e. The maximum absolute atomic E-state index is 11.8. The van der Waals surface area contributed by atoms with Crippen LogP contribution in [0.1, 0.15) is 23.3 Å². The molecule has 0 bridgehead atoms. The summed E-state index contributed by atoms with van der Waals surface area (Å²) in [5.74, 6) is 1.36. The van der Waals surface area contributed by atoms with Gasteiger partial charge in [0.25, 0.3) is 11.9 Å². The van der Waals surface area contributed by atoms with E-state index in [4.69, 9.17) is 25.5 Å². The molecule has 180 valence electrons. The molecule has 4 aromatic rings. The van der Waals surface area contributed by atoms with Crippen LogP contribution in [-0.4, -0.2) is 47.6 Å². The summed E-state index contributed by atoms with van der Waals surface area (Å²) in [7, 11) is 3.59. The Labute approximate surface area is 207 Å². The molecule has 2 aromatic carbocycles. The number of carbonyl (C=O) groups excluding carboxylic acids is 1.